The summed E-state index contributed by atoms with van der Waals surface area (Å²) in [6, 6.07) is 13.3. The van der Waals surface area contributed by atoms with Crippen molar-refractivity contribution in [2.45, 2.75) is 37.5 Å². The molecule has 0 aliphatic carbocycles. The molecule has 0 saturated carbocycles. The van der Waals surface area contributed by atoms with Crippen LogP contribution in [0.5, 0.6) is 0 Å². The fraction of sp³-hybridized carbons (Fsp3) is 0.375. The summed E-state index contributed by atoms with van der Waals surface area (Å²) in [4.78, 5) is 42.8. The van der Waals surface area contributed by atoms with Crippen LogP contribution in [0.4, 0.5) is 11.4 Å². The molecule has 2 aromatic carbocycles. The second-order valence-electron chi connectivity index (χ2n) is 7.89. The molecule has 2 aromatic rings. The van der Waals surface area contributed by atoms with E-state index in [2.05, 4.69) is 5.32 Å². The Hall–Kier alpha value is -2.80. The number of likely N-dealkylation sites (tertiary alicyclic amines) is 1. The molecule has 6 nitrogen and oxygen atoms in total. The summed E-state index contributed by atoms with van der Waals surface area (Å²) in [6.45, 7) is 4.08. The first-order valence-corrected chi connectivity index (χ1v) is 11.7. The van der Waals surface area contributed by atoms with E-state index in [0.717, 1.165) is 47.8 Å². The number of nitrogens with one attached hydrogen (secondary N) is 1. The minimum absolute atomic E-state index is 0.0166. The maximum Gasteiger partial charge on any atom is 0.254 e. The average Bonchev–Trinajstić information content (AvgIpc) is 3.33. The lowest BCUT2D eigenvalue weighted by Crippen LogP contribution is -2.35. The molecule has 0 radical (unpaired) electrons. The Bertz CT molecular complexity index is 1000. The topological polar surface area (TPSA) is 69.7 Å². The molecule has 1 N–H and O–H groups in total. The molecular weight excluding hydrogens is 410 g/mol. The molecule has 0 unspecified atom stereocenters. The SMILES string of the molecule is Cc1c(NC(=O)CCC(=O)N2CCSc3ccccc32)cccc1C(=O)N1CCCC1. The molecule has 0 bridgehead atoms. The summed E-state index contributed by atoms with van der Waals surface area (Å²) in [5, 5.41) is 2.89. The van der Waals surface area contributed by atoms with Crippen LogP contribution < -0.4 is 10.2 Å². The van der Waals surface area contributed by atoms with Crippen LogP contribution in [0.25, 0.3) is 0 Å². The monoisotopic (exact) mass is 437 g/mol. The molecule has 2 aliphatic rings. The number of rotatable bonds is 5. The Kier molecular flexibility index (Phi) is 6.61. The number of carbonyl (C=O) groups is 3. The number of para-hydroxylation sites is 1. The lowest BCUT2D eigenvalue weighted by atomic mass is 10.1. The van der Waals surface area contributed by atoms with Crippen molar-refractivity contribution in [1.82, 2.24) is 4.90 Å². The van der Waals surface area contributed by atoms with Crippen molar-refractivity contribution in [2.24, 2.45) is 0 Å². The third-order valence-electron chi connectivity index (χ3n) is 5.83. The third kappa shape index (κ3) is 4.77. The van der Waals surface area contributed by atoms with Gasteiger partial charge in [-0.1, -0.05) is 18.2 Å². The normalized spacial score (nSPS) is 15.5. The Labute approximate surface area is 187 Å². The summed E-state index contributed by atoms with van der Waals surface area (Å²) in [7, 11) is 0. The lowest BCUT2D eigenvalue weighted by molar-refractivity contribution is -0.122. The minimum atomic E-state index is -0.220. The van der Waals surface area contributed by atoms with Crippen LogP contribution in [0, 0.1) is 6.92 Å². The highest BCUT2D eigenvalue weighted by Gasteiger charge is 2.24. The number of thioether (sulfide) groups is 1. The number of benzene rings is 2. The van der Waals surface area contributed by atoms with E-state index in [1.54, 1.807) is 34.9 Å². The van der Waals surface area contributed by atoms with Gasteiger partial charge in [0.25, 0.3) is 5.91 Å². The first-order chi connectivity index (χ1) is 15.0. The van der Waals surface area contributed by atoms with E-state index in [1.807, 2.05) is 36.1 Å². The Morgan fingerprint density at radius 1 is 0.968 bits per heavy atom. The molecule has 2 aliphatic heterocycles. The van der Waals surface area contributed by atoms with Gasteiger partial charge in [0.05, 0.1) is 5.69 Å². The van der Waals surface area contributed by atoms with Gasteiger partial charge in [-0.05, 0) is 49.6 Å². The van der Waals surface area contributed by atoms with Gasteiger partial charge in [0.15, 0.2) is 0 Å². The predicted octanol–water partition coefficient (Wildman–Crippen LogP) is 4.09. The standard InChI is InChI=1S/C24H27N3O3S/c1-17-18(24(30)26-13-4-5-14-26)7-6-8-19(17)25-22(28)11-12-23(29)27-15-16-31-21-10-3-2-9-20(21)27/h2-3,6-10H,4-5,11-16H2,1H3,(H,25,28). The third-order valence-corrected chi connectivity index (χ3v) is 6.87. The molecule has 0 atom stereocenters. The summed E-state index contributed by atoms with van der Waals surface area (Å²) >= 11 is 1.75. The molecular formula is C24H27N3O3S. The smallest absolute Gasteiger partial charge is 0.254 e. The zero-order valence-electron chi connectivity index (χ0n) is 17.7. The summed E-state index contributed by atoms with van der Waals surface area (Å²) in [5.74, 6) is 0.605. The van der Waals surface area contributed by atoms with Crippen LogP contribution in [-0.2, 0) is 9.59 Å². The largest absolute Gasteiger partial charge is 0.339 e. The Balaban J connectivity index is 1.37. The van der Waals surface area contributed by atoms with E-state index < -0.39 is 0 Å². The van der Waals surface area contributed by atoms with Crippen molar-refractivity contribution < 1.29 is 14.4 Å². The molecule has 7 heteroatoms. The van der Waals surface area contributed by atoms with Gasteiger partial charge in [0.1, 0.15) is 0 Å². The molecule has 3 amide bonds. The van der Waals surface area contributed by atoms with E-state index in [1.165, 1.54) is 0 Å². The minimum Gasteiger partial charge on any atom is -0.339 e. The van der Waals surface area contributed by atoms with Crippen molar-refractivity contribution in [2.75, 3.05) is 35.6 Å². The quantitative estimate of drug-likeness (QED) is 0.765. The fourth-order valence-electron chi connectivity index (χ4n) is 4.09. The number of anilines is 2. The van der Waals surface area contributed by atoms with Crippen molar-refractivity contribution in [3.05, 3.63) is 53.6 Å². The summed E-state index contributed by atoms with van der Waals surface area (Å²) < 4.78 is 0. The number of nitrogens with zero attached hydrogens (tertiary/aromatic N) is 2. The van der Waals surface area contributed by atoms with Crippen LogP contribution in [0.3, 0.4) is 0 Å². The number of fused-ring (bicyclic) bond motifs is 1. The van der Waals surface area contributed by atoms with Gasteiger partial charge in [-0.25, -0.2) is 0 Å². The Morgan fingerprint density at radius 2 is 1.74 bits per heavy atom. The van der Waals surface area contributed by atoms with Crippen LogP contribution >= 0.6 is 11.8 Å². The maximum atomic E-state index is 12.8. The van der Waals surface area contributed by atoms with Crippen molar-refractivity contribution >= 4 is 40.9 Å². The molecule has 162 valence electrons. The molecule has 1 saturated heterocycles. The number of carbonyl (C=O) groups excluding carboxylic acids is 3. The van der Waals surface area contributed by atoms with Crippen molar-refractivity contribution in [3.63, 3.8) is 0 Å². The van der Waals surface area contributed by atoms with Gasteiger partial charge >= 0.3 is 0 Å². The maximum absolute atomic E-state index is 12.8. The summed E-state index contributed by atoms with van der Waals surface area (Å²) in [6.07, 6.45) is 2.33. The van der Waals surface area contributed by atoms with Gasteiger partial charge < -0.3 is 15.1 Å². The van der Waals surface area contributed by atoms with Crippen LogP contribution in [0.15, 0.2) is 47.4 Å². The number of hydrogen-bond acceptors (Lipinski definition) is 4. The van der Waals surface area contributed by atoms with Gasteiger partial charge in [-0.3, -0.25) is 14.4 Å². The molecule has 31 heavy (non-hydrogen) atoms. The van der Waals surface area contributed by atoms with E-state index in [4.69, 9.17) is 0 Å². The molecule has 4 rings (SSSR count). The zero-order chi connectivity index (χ0) is 21.8. The van der Waals surface area contributed by atoms with Gasteiger partial charge in [0, 0.05) is 54.4 Å². The van der Waals surface area contributed by atoms with Gasteiger partial charge in [-0.2, -0.15) is 0 Å². The first-order valence-electron chi connectivity index (χ1n) is 10.8. The van der Waals surface area contributed by atoms with Crippen molar-refractivity contribution in [1.29, 1.82) is 0 Å². The molecule has 2 heterocycles. The Morgan fingerprint density at radius 3 is 2.55 bits per heavy atom. The number of amides is 3. The first kappa shape index (κ1) is 21.4. The van der Waals surface area contributed by atoms with Crippen LogP contribution in [-0.4, -0.2) is 48.0 Å². The fourth-order valence-corrected chi connectivity index (χ4v) is 5.08. The second-order valence-corrected chi connectivity index (χ2v) is 9.02. The van der Waals surface area contributed by atoms with E-state index in [-0.39, 0.29) is 30.6 Å². The molecule has 0 aromatic heterocycles. The molecule has 1 fully saturated rings. The van der Waals surface area contributed by atoms with E-state index in [0.29, 0.717) is 17.8 Å². The van der Waals surface area contributed by atoms with E-state index >= 15 is 0 Å². The zero-order valence-corrected chi connectivity index (χ0v) is 18.5. The van der Waals surface area contributed by atoms with Gasteiger partial charge in [0.2, 0.25) is 11.8 Å². The van der Waals surface area contributed by atoms with Crippen LogP contribution in [0.1, 0.15) is 41.6 Å². The molecule has 0 spiro atoms. The average molecular weight is 438 g/mol. The highest BCUT2D eigenvalue weighted by molar-refractivity contribution is 7.99. The lowest BCUT2D eigenvalue weighted by Gasteiger charge is -2.29. The summed E-state index contributed by atoms with van der Waals surface area (Å²) in [5.41, 5.74) is 2.94. The number of hydrogen-bond donors (Lipinski definition) is 1. The highest BCUT2D eigenvalue weighted by Crippen LogP contribution is 2.34. The van der Waals surface area contributed by atoms with Gasteiger partial charge in [-0.15, -0.1) is 11.8 Å². The van der Waals surface area contributed by atoms with E-state index in [9.17, 15) is 14.4 Å². The second kappa shape index (κ2) is 9.56. The highest BCUT2D eigenvalue weighted by atomic mass is 32.2. The van der Waals surface area contributed by atoms with Crippen LogP contribution in [0.2, 0.25) is 0 Å². The predicted molar refractivity (Wildman–Crippen MR) is 124 cm³/mol. The van der Waals surface area contributed by atoms with Crippen molar-refractivity contribution in [3.8, 4) is 0 Å².